The quantitative estimate of drug-likeness (QED) is 0.241. The summed E-state index contributed by atoms with van der Waals surface area (Å²) in [7, 11) is 0. The van der Waals surface area contributed by atoms with E-state index in [1.54, 1.807) is 0 Å². The average Bonchev–Trinajstić information content (AvgIpc) is 2.96. The molecule has 1 saturated heterocycles. The zero-order chi connectivity index (χ0) is 30.4. The maximum atomic E-state index is 10.5. The number of aliphatic hydroxyl groups excluding tert-OH is 4. The summed E-state index contributed by atoms with van der Waals surface area (Å²) in [6.07, 6.45) is 10.9. The van der Waals surface area contributed by atoms with Crippen molar-refractivity contribution in [2.75, 3.05) is 6.61 Å². The van der Waals surface area contributed by atoms with Gasteiger partial charge >= 0.3 is 0 Å². The Bertz CT molecular complexity index is 978. The van der Waals surface area contributed by atoms with E-state index in [4.69, 9.17) is 9.47 Å². The number of ether oxygens (including phenoxy) is 2. The number of hydrogen-bond donors (Lipinski definition) is 4. The Balaban J connectivity index is 1.26. The summed E-state index contributed by atoms with van der Waals surface area (Å²) in [5.74, 6) is 4.53. The van der Waals surface area contributed by atoms with Crippen molar-refractivity contribution in [1.82, 2.24) is 0 Å². The molecular weight excluding hydrogens is 528 g/mol. The summed E-state index contributed by atoms with van der Waals surface area (Å²) in [6, 6.07) is 0. The van der Waals surface area contributed by atoms with Gasteiger partial charge in [0.2, 0.25) is 0 Å². The predicted molar refractivity (Wildman–Crippen MR) is 165 cm³/mol. The molecular formula is C36H60O6. The fraction of sp³-hybridized carbons (Fsp3) is 0.889. The molecule has 1 heterocycles. The Morgan fingerprint density at radius 3 is 2.50 bits per heavy atom. The van der Waals surface area contributed by atoms with Crippen molar-refractivity contribution < 1.29 is 29.9 Å². The lowest BCUT2D eigenvalue weighted by Crippen LogP contribution is -2.60. The second kappa shape index (κ2) is 12.9. The van der Waals surface area contributed by atoms with Crippen LogP contribution in [0.5, 0.6) is 0 Å². The highest BCUT2D eigenvalue weighted by atomic mass is 16.7. The number of fused-ring (bicyclic) bond motifs is 5. The lowest BCUT2D eigenvalue weighted by Gasteiger charge is -2.62. The molecule has 1 aliphatic heterocycles. The molecule has 3 saturated carbocycles. The van der Waals surface area contributed by atoms with Gasteiger partial charge < -0.3 is 29.9 Å². The molecule has 0 bridgehead atoms. The third kappa shape index (κ3) is 5.83. The maximum Gasteiger partial charge on any atom is 0.186 e. The lowest BCUT2D eigenvalue weighted by atomic mass is 9.42. The van der Waals surface area contributed by atoms with Gasteiger partial charge in [0.05, 0.1) is 12.7 Å². The van der Waals surface area contributed by atoms with E-state index in [-0.39, 0.29) is 11.5 Å². The van der Waals surface area contributed by atoms with Crippen molar-refractivity contribution in [3.05, 3.63) is 23.8 Å². The summed E-state index contributed by atoms with van der Waals surface area (Å²) >= 11 is 0. The molecule has 5 rings (SSSR count). The van der Waals surface area contributed by atoms with Gasteiger partial charge in [-0.05, 0) is 124 Å². The van der Waals surface area contributed by atoms with Gasteiger partial charge in [-0.15, -0.1) is 0 Å². The predicted octanol–water partition coefficient (Wildman–Crippen LogP) is 6.16. The maximum absolute atomic E-state index is 10.5. The Hall–Kier alpha value is -0.760. The van der Waals surface area contributed by atoms with E-state index in [0.717, 1.165) is 49.4 Å². The Morgan fingerprint density at radius 1 is 1.05 bits per heavy atom. The van der Waals surface area contributed by atoms with Gasteiger partial charge in [-0.2, -0.15) is 0 Å². The van der Waals surface area contributed by atoms with E-state index in [1.807, 2.05) is 0 Å². The third-order valence-electron chi connectivity index (χ3n) is 13.4. The third-order valence-corrected chi connectivity index (χ3v) is 13.4. The van der Waals surface area contributed by atoms with Gasteiger partial charge in [0.25, 0.3) is 0 Å². The van der Waals surface area contributed by atoms with Gasteiger partial charge in [0.1, 0.15) is 24.4 Å². The van der Waals surface area contributed by atoms with Crippen LogP contribution in [0.3, 0.4) is 0 Å². The first-order valence-electron chi connectivity index (χ1n) is 17.2. The summed E-state index contributed by atoms with van der Waals surface area (Å²) in [4.78, 5) is 0. The van der Waals surface area contributed by atoms with Crippen LogP contribution in [-0.4, -0.2) is 63.8 Å². The van der Waals surface area contributed by atoms with Crippen molar-refractivity contribution in [3.63, 3.8) is 0 Å². The molecule has 0 radical (unpaired) electrons. The van der Waals surface area contributed by atoms with Crippen LogP contribution in [0, 0.1) is 46.3 Å². The molecule has 14 unspecified atom stereocenters. The summed E-state index contributed by atoms with van der Waals surface area (Å²) in [5.41, 5.74) is 3.48. The van der Waals surface area contributed by atoms with Gasteiger partial charge in [-0.3, -0.25) is 0 Å². The van der Waals surface area contributed by atoms with Crippen LogP contribution in [0.25, 0.3) is 0 Å². The van der Waals surface area contributed by atoms with Crippen LogP contribution in [0.4, 0.5) is 0 Å². The fourth-order valence-corrected chi connectivity index (χ4v) is 10.8. The molecule has 0 aromatic carbocycles. The molecule has 0 aromatic rings. The van der Waals surface area contributed by atoms with Crippen LogP contribution in [0.2, 0.25) is 0 Å². The molecule has 0 spiro atoms. The summed E-state index contributed by atoms with van der Waals surface area (Å²) < 4.78 is 11.9. The fourth-order valence-electron chi connectivity index (χ4n) is 10.8. The van der Waals surface area contributed by atoms with E-state index >= 15 is 0 Å². The minimum atomic E-state index is -1.40. The van der Waals surface area contributed by atoms with Crippen LogP contribution in [0.15, 0.2) is 23.8 Å². The average molecular weight is 589 g/mol. The normalized spacial score (nSPS) is 46.9. The van der Waals surface area contributed by atoms with Gasteiger partial charge in [-0.1, -0.05) is 57.9 Å². The van der Waals surface area contributed by atoms with Crippen molar-refractivity contribution in [1.29, 1.82) is 0 Å². The molecule has 0 aromatic heterocycles. The molecule has 42 heavy (non-hydrogen) atoms. The van der Waals surface area contributed by atoms with Crippen molar-refractivity contribution in [2.45, 2.75) is 148 Å². The molecule has 0 amide bonds. The molecule has 6 heteroatoms. The minimum absolute atomic E-state index is 0.109. The lowest BCUT2D eigenvalue weighted by molar-refractivity contribution is -0.313. The number of allylic oxidation sites excluding steroid dienone is 2. The van der Waals surface area contributed by atoms with Crippen LogP contribution < -0.4 is 0 Å². The van der Waals surface area contributed by atoms with Crippen molar-refractivity contribution in [3.8, 4) is 0 Å². The molecule has 5 aliphatic rings. The second-order valence-electron chi connectivity index (χ2n) is 15.5. The van der Waals surface area contributed by atoms with Crippen LogP contribution >= 0.6 is 0 Å². The van der Waals surface area contributed by atoms with Gasteiger partial charge in [0, 0.05) is 0 Å². The van der Waals surface area contributed by atoms with Crippen molar-refractivity contribution >= 4 is 0 Å². The highest BCUT2D eigenvalue weighted by Gasteiger charge is 2.58. The van der Waals surface area contributed by atoms with Crippen LogP contribution in [-0.2, 0) is 9.47 Å². The standard InChI is InChI=1S/C36H60O6/c1-7-23(21(2)3)12-11-22(4)27-9-8-10-28-26-14-13-24-19-25(15-17-35(24,5)29(26)16-18-36(27,28)6)41-34-33(40)32(39)31(38)30(20-37)42-34/h13,22-23,25-34,37-40H,2,7-12,14-20H2,1,3-6H3. The first-order chi connectivity index (χ1) is 19.9. The minimum Gasteiger partial charge on any atom is -0.394 e. The highest BCUT2D eigenvalue weighted by molar-refractivity contribution is 5.25. The van der Waals surface area contributed by atoms with E-state index in [0.29, 0.717) is 17.3 Å². The highest BCUT2D eigenvalue weighted by Crippen LogP contribution is 2.66. The van der Waals surface area contributed by atoms with Crippen LogP contribution in [0.1, 0.15) is 112 Å². The van der Waals surface area contributed by atoms with E-state index < -0.39 is 37.3 Å². The monoisotopic (exact) mass is 588 g/mol. The zero-order valence-corrected chi connectivity index (χ0v) is 27.0. The van der Waals surface area contributed by atoms with E-state index in [9.17, 15) is 20.4 Å². The number of hydrogen-bond acceptors (Lipinski definition) is 6. The summed E-state index contributed by atoms with van der Waals surface area (Å²) in [5, 5.41) is 40.5. The summed E-state index contributed by atoms with van der Waals surface area (Å²) in [6.45, 7) is 16.1. The molecule has 6 nitrogen and oxygen atoms in total. The second-order valence-corrected chi connectivity index (χ2v) is 15.5. The Labute approximate surface area is 255 Å². The largest absolute Gasteiger partial charge is 0.394 e. The molecule has 4 fully saturated rings. The Morgan fingerprint density at radius 2 is 1.81 bits per heavy atom. The number of rotatable bonds is 9. The molecule has 4 N–H and O–H groups in total. The van der Waals surface area contributed by atoms with Gasteiger partial charge in [-0.25, -0.2) is 0 Å². The number of aliphatic hydroxyl groups is 4. The molecule has 14 atom stereocenters. The topological polar surface area (TPSA) is 99.4 Å². The first-order valence-corrected chi connectivity index (χ1v) is 17.2. The molecule has 4 aliphatic carbocycles. The molecule has 240 valence electrons. The van der Waals surface area contributed by atoms with Gasteiger partial charge in [0.15, 0.2) is 6.29 Å². The smallest absolute Gasteiger partial charge is 0.186 e. The van der Waals surface area contributed by atoms with Crippen molar-refractivity contribution in [2.24, 2.45) is 46.3 Å². The van der Waals surface area contributed by atoms with E-state index in [2.05, 4.69) is 47.3 Å². The van der Waals surface area contributed by atoms with E-state index in [1.165, 1.54) is 62.5 Å². The SMILES string of the molecule is C=C(C)C(CC)CCC(C)C1CCCC2C3CC=C4CC(OC5OC(CO)C(O)C(O)C5O)CCC4(C)C3CCC12C. The first kappa shape index (κ1) is 32.6. The zero-order valence-electron chi connectivity index (χ0n) is 27.0. The Kier molecular flexibility index (Phi) is 10.0.